The molecule has 1 aliphatic rings. The van der Waals surface area contributed by atoms with E-state index in [0.717, 1.165) is 6.54 Å². The molecule has 0 aromatic carbocycles. The summed E-state index contributed by atoms with van der Waals surface area (Å²) in [6.45, 7) is 3.19. The fourth-order valence-corrected chi connectivity index (χ4v) is 2.70. The van der Waals surface area contributed by atoms with Crippen molar-refractivity contribution in [3.8, 4) is 0 Å². The van der Waals surface area contributed by atoms with E-state index in [2.05, 4.69) is 21.8 Å². The van der Waals surface area contributed by atoms with Gasteiger partial charge < -0.3 is 14.6 Å². The fraction of sp³-hybridized carbons (Fsp3) is 0.769. The summed E-state index contributed by atoms with van der Waals surface area (Å²) in [6, 6.07) is 0.956. The topological polar surface area (TPSA) is 39.1 Å². The summed E-state index contributed by atoms with van der Waals surface area (Å²) in [5.74, 6) is 0. The Labute approximate surface area is 103 Å². The maximum atomic E-state index is 5.56. The third-order valence-corrected chi connectivity index (χ3v) is 3.55. The molecule has 0 amide bonds. The number of imidazole rings is 1. The van der Waals surface area contributed by atoms with E-state index in [1.165, 1.54) is 25.7 Å². The van der Waals surface area contributed by atoms with Crippen molar-refractivity contribution in [2.45, 2.75) is 57.3 Å². The summed E-state index contributed by atoms with van der Waals surface area (Å²) in [5.41, 5.74) is 0. The zero-order valence-corrected chi connectivity index (χ0v) is 10.8. The Morgan fingerprint density at radius 3 is 3.00 bits per heavy atom. The van der Waals surface area contributed by atoms with Crippen molar-refractivity contribution in [1.29, 1.82) is 0 Å². The zero-order chi connectivity index (χ0) is 12.1. The first-order chi connectivity index (χ1) is 8.29. The summed E-state index contributed by atoms with van der Waals surface area (Å²) in [4.78, 5) is 4.06. The molecule has 0 spiro atoms. The first-order valence-corrected chi connectivity index (χ1v) is 6.54. The molecule has 1 aliphatic carbocycles. The van der Waals surface area contributed by atoms with Crippen molar-refractivity contribution >= 4 is 0 Å². The van der Waals surface area contributed by atoms with Crippen molar-refractivity contribution in [3.63, 3.8) is 0 Å². The Hall–Kier alpha value is -0.870. The van der Waals surface area contributed by atoms with Crippen LogP contribution in [0.1, 0.15) is 32.6 Å². The highest BCUT2D eigenvalue weighted by Gasteiger charge is 2.25. The smallest absolute Gasteiger partial charge is 0.0946 e. The molecule has 96 valence electrons. The van der Waals surface area contributed by atoms with E-state index in [1.54, 1.807) is 0 Å². The van der Waals surface area contributed by atoms with E-state index < -0.39 is 0 Å². The molecule has 4 nitrogen and oxygen atoms in total. The molecule has 1 aromatic rings. The van der Waals surface area contributed by atoms with Crippen LogP contribution in [0.3, 0.4) is 0 Å². The monoisotopic (exact) mass is 237 g/mol. The molecular weight excluding hydrogens is 214 g/mol. The van der Waals surface area contributed by atoms with Gasteiger partial charge >= 0.3 is 0 Å². The second-order valence-corrected chi connectivity index (χ2v) is 4.99. The van der Waals surface area contributed by atoms with Gasteiger partial charge in [0.1, 0.15) is 0 Å². The number of hydrogen-bond donors (Lipinski definition) is 1. The largest absolute Gasteiger partial charge is 0.380 e. The van der Waals surface area contributed by atoms with E-state index >= 15 is 0 Å². The standard InChI is InChI=1S/C13H23N3O/c1-11(9-16-8-7-14-10-16)15-12-5-3-4-6-13(12)17-2/h7-8,10-13,15H,3-6,9H2,1-2H3. The Bertz CT molecular complexity index is 312. The van der Waals surface area contributed by atoms with Gasteiger partial charge in [-0.3, -0.25) is 0 Å². The van der Waals surface area contributed by atoms with Crippen molar-refractivity contribution in [3.05, 3.63) is 18.7 Å². The third-order valence-electron chi connectivity index (χ3n) is 3.55. The molecule has 1 N–H and O–H groups in total. The summed E-state index contributed by atoms with van der Waals surface area (Å²) in [7, 11) is 1.82. The van der Waals surface area contributed by atoms with Gasteiger partial charge in [0, 0.05) is 38.1 Å². The molecular formula is C13H23N3O. The summed E-state index contributed by atoms with van der Waals surface area (Å²) in [5, 5.41) is 3.68. The molecule has 1 saturated carbocycles. The Kier molecular flexibility index (Phi) is 4.57. The van der Waals surface area contributed by atoms with Crippen LogP contribution >= 0.6 is 0 Å². The molecule has 0 radical (unpaired) electrons. The third kappa shape index (κ3) is 3.54. The van der Waals surface area contributed by atoms with Gasteiger partial charge in [-0.2, -0.15) is 0 Å². The first-order valence-electron chi connectivity index (χ1n) is 6.54. The van der Waals surface area contributed by atoms with E-state index in [9.17, 15) is 0 Å². The van der Waals surface area contributed by atoms with Gasteiger partial charge in [-0.25, -0.2) is 4.98 Å². The van der Waals surface area contributed by atoms with Crippen molar-refractivity contribution in [2.75, 3.05) is 7.11 Å². The van der Waals surface area contributed by atoms with Gasteiger partial charge in [0.2, 0.25) is 0 Å². The first kappa shape index (κ1) is 12.6. The van der Waals surface area contributed by atoms with Crippen molar-refractivity contribution in [1.82, 2.24) is 14.9 Å². The van der Waals surface area contributed by atoms with Crippen LogP contribution in [0.25, 0.3) is 0 Å². The molecule has 17 heavy (non-hydrogen) atoms. The van der Waals surface area contributed by atoms with Crippen LogP contribution in [0.15, 0.2) is 18.7 Å². The van der Waals surface area contributed by atoms with Gasteiger partial charge in [0.15, 0.2) is 0 Å². The highest BCUT2D eigenvalue weighted by Crippen LogP contribution is 2.21. The average Bonchev–Trinajstić information content (AvgIpc) is 2.82. The molecule has 3 unspecified atom stereocenters. The lowest BCUT2D eigenvalue weighted by Gasteiger charge is -2.33. The molecule has 0 saturated heterocycles. The van der Waals surface area contributed by atoms with Gasteiger partial charge in [-0.05, 0) is 19.8 Å². The highest BCUT2D eigenvalue weighted by molar-refractivity contribution is 4.84. The van der Waals surface area contributed by atoms with Crippen LogP contribution < -0.4 is 5.32 Å². The van der Waals surface area contributed by atoms with Gasteiger partial charge in [0.05, 0.1) is 12.4 Å². The minimum absolute atomic E-state index is 0.383. The molecule has 4 heteroatoms. The van der Waals surface area contributed by atoms with Crippen LogP contribution in [-0.4, -0.2) is 34.8 Å². The summed E-state index contributed by atoms with van der Waals surface area (Å²) in [6.07, 6.45) is 11.1. The van der Waals surface area contributed by atoms with Crippen LogP contribution in [0.4, 0.5) is 0 Å². The molecule has 1 heterocycles. The van der Waals surface area contributed by atoms with E-state index in [0.29, 0.717) is 18.2 Å². The maximum Gasteiger partial charge on any atom is 0.0946 e. The van der Waals surface area contributed by atoms with Crippen LogP contribution in [0.2, 0.25) is 0 Å². The maximum absolute atomic E-state index is 5.56. The van der Waals surface area contributed by atoms with Gasteiger partial charge in [-0.1, -0.05) is 12.8 Å². The molecule has 0 bridgehead atoms. The van der Waals surface area contributed by atoms with Gasteiger partial charge in [-0.15, -0.1) is 0 Å². The van der Waals surface area contributed by atoms with Crippen LogP contribution in [-0.2, 0) is 11.3 Å². The second kappa shape index (κ2) is 6.17. The minimum Gasteiger partial charge on any atom is -0.380 e. The number of nitrogens with one attached hydrogen (secondary N) is 1. The average molecular weight is 237 g/mol. The predicted octanol–water partition coefficient (Wildman–Crippen LogP) is 1.82. The molecule has 2 rings (SSSR count). The van der Waals surface area contributed by atoms with Crippen LogP contribution in [0, 0.1) is 0 Å². The molecule has 1 fully saturated rings. The minimum atomic E-state index is 0.383. The highest BCUT2D eigenvalue weighted by atomic mass is 16.5. The Morgan fingerprint density at radius 2 is 2.29 bits per heavy atom. The summed E-state index contributed by atoms with van der Waals surface area (Å²) >= 11 is 0. The number of ether oxygens (including phenoxy) is 1. The zero-order valence-electron chi connectivity index (χ0n) is 10.8. The van der Waals surface area contributed by atoms with E-state index in [4.69, 9.17) is 4.74 Å². The lowest BCUT2D eigenvalue weighted by atomic mass is 9.92. The van der Waals surface area contributed by atoms with E-state index in [1.807, 2.05) is 25.8 Å². The van der Waals surface area contributed by atoms with Crippen LogP contribution in [0.5, 0.6) is 0 Å². The van der Waals surface area contributed by atoms with Crippen molar-refractivity contribution in [2.24, 2.45) is 0 Å². The molecule has 0 aliphatic heterocycles. The number of aromatic nitrogens is 2. The van der Waals surface area contributed by atoms with Crippen molar-refractivity contribution < 1.29 is 4.74 Å². The lowest BCUT2D eigenvalue weighted by Crippen LogP contribution is -2.48. The van der Waals surface area contributed by atoms with Gasteiger partial charge in [0.25, 0.3) is 0 Å². The normalized spacial score (nSPS) is 26.9. The fourth-order valence-electron chi connectivity index (χ4n) is 2.70. The number of methoxy groups -OCH3 is 1. The lowest BCUT2D eigenvalue weighted by molar-refractivity contribution is 0.0377. The number of rotatable bonds is 5. The number of nitrogens with zero attached hydrogens (tertiary/aromatic N) is 2. The molecule has 3 atom stereocenters. The summed E-state index contributed by atoms with van der Waals surface area (Å²) < 4.78 is 7.67. The van der Waals surface area contributed by atoms with E-state index in [-0.39, 0.29) is 0 Å². The Morgan fingerprint density at radius 1 is 1.47 bits per heavy atom. The Balaban J connectivity index is 1.82. The molecule has 1 aromatic heterocycles. The SMILES string of the molecule is COC1CCCCC1NC(C)Cn1ccnc1. The second-order valence-electron chi connectivity index (χ2n) is 4.99. The quantitative estimate of drug-likeness (QED) is 0.849. The number of hydrogen-bond acceptors (Lipinski definition) is 3. The predicted molar refractivity (Wildman–Crippen MR) is 67.9 cm³/mol.